The van der Waals surface area contributed by atoms with Crippen LogP contribution in [0.2, 0.25) is 0 Å². The normalized spacial score (nSPS) is 10.3. The molecule has 0 bridgehead atoms. The van der Waals surface area contributed by atoms with Crippen molar-refractivity contribution in [1.29, 1.82) is 0 Å². The zero-order valence-electron chi connectivity index (χ0n) is 14.2. The van der Waals surface area contributed by atoms with E-state index in [1.165, 1.54) is 19.1 Å². The van der Waals surface area contributed by atoms with Crippen LogP contribution in [0.4, 0.5) is 26.0 Å². The van der Waals surface area contributed by atoms with Gasteiger partial charge < -0.3 is 10.6 Å². The van der Waals surface area contributed by atoms with Crippen molar-refractivity contribution in [2.45, 2.75) is 6.92 Å². The van der Waals surface area contributed by atoms with Gasteiger partial charge in [0.1, 0.15) is 11.6 Å². The molecule has 8 heteroatoms. The van der Waals surface area contributed by atoms with Gasteiger partial charge in [-0.2, -0.15) is 0 Å². The summed E-state index contributed by atoms with van der Waals surface area (Å²) in [4.78, 5) is 23.5. The molecule has 0 fully saturated rings. The minimum atomic E-state index is -0.889. The highest BCUT2D eigenvalue weighted by atomic mass is 19.1. The topological polar surface area (TPSA) is 84.0 Å². The minimum Gasteiger partial charge on any atom is -0.339 e. The Hall–Kier alpha value is -3.68. The van der Waals surface area contributed by atoms with Gasteiger partial charge in [-0.3, -0.25) is 9.59 Å². The summed E-state index contributed by atoms with van der Waals surface area (Å²) in [7, 11) is 0. The van der Waals surface area contributed by atoms with Crippen LogP contribution < -0.4 is 10.6 Å². The molecule has 27 heavy (non-hydrogen) atoms. The van der Waals surface area contributed by atoms with Gasteiger partial charge in [-0.15, -0.1) is 10.2 Å². The lowest BCUT2D eigenvalue weighted by Crippen LogP contribution is -2.15. The van der Waals surface area contributed by atoms with E-state index < -0.39 is 17.5 Å². The smallest absolute Gasteiger partial charge is 0.276 e. The molecule has 0 saturated heterocycles. The number of ketones is 1. The van der Waals surface area contributed by atoms with E-state index in [9.17, 15) is 18.4 Å². The standard InChI is InChI=1S/C19H14F2N4O2/c1-11(26)12-3-2-4-14(9-12)22-18-8-7-17(24-25-18)19(27)23-16-6-5-13(20)10-15(16)21/h2-10H,1H3,(H,22,25)(H,23,27). The highest BCUT2D eigenvalue weighted by molar-refractivity contribution is 6.02. The number of nitrogens with zero attached hydrogens (tertiary/aromatic N) is 2. The number of aromatic nitrogens is 2. The van der Waals surface area contributed by atoms with Gasteiger partial charge in [0, 0.05) is 17.3 Å². The maximum atomic E-state index is 13.6. The van der Waals surface area contributed by atoms with Gasteiger partial charge in [0.15, 0.2) is 17.3 Å². The van der Waals surface area contributed by atoms with E-state index in [0.717, 1.165) is 12.1 Å². The highest BCUT2D eigenvalue weighted by Gasteiger charge is 2.12. The van der Waals surface area contributed by atoms with E-state index in [1.807, 2.05) is 0 Å². The third-order valence-corrected chi connectivity index (χ3v) is 3.62. The lowest BCUT2D eigenvalue weighted by Gasteiger charge is -2.08. The third-order valence-electron chi connectivity index (χ3n) is 3.62. The number of carbonyl (C=O) groups is 2. The Morgan fingerprint density at radius 3 is 2.44 bits per heavy atom. The Morgan fingerprint density at radius 1 is 0.963 bits per heavy atom. The maximum absolute atomic E-state index is 13.6. The first-order valence-electron chi connectivity index (χ1n) is 7.90. The third kappa shape index (κ3) is 4.49. The monoisotopic (exact) mass is 368 g/mol. The number of benzene rings is 2. The average molecular weight is 368 g/mol. The Kier molecular flexibility index (Phi) is 5.16. The van der Waals surface area contributed by atoms with Crippen LogP contribution in [0.25, 0.3) is 0 Å². The lowest BCUT2D eigenvalue weighted by molar-refractivity contribution is 0.101. The van der Waals surface area contributed by atoms with Crippen LogP contribution in [-0.4, -0.2) is 21.9 Å². The first-order chi connectivity index (χ1) is 12.9. The first-order valence-corrected chi connectivity index (χ1v) is 7.90. The van der Waals surface area contributed by atoms with Crippen LogP contribution in [0.5, 0.6) is 0 Å². The van der Waals surface area contributed by atoms with Crippen LogP contribution in [0, 0.1) is 11.6 Å². The molecule has 0 radical (unpaired) electrons. The summed E-state index contributed by atoms with van der Waals surface area (Å²) in [5, 5.41) is 12.9. The summed E-state index contributed by atoms with van der Waals surface area (Å²) < 4.78 is 26.5. The molecule has 2 aromatic carbocycles. The molecule has 0 atom stereocenters. The first kappa shape index (κ1) is 18.1. The summed E-state index contributed by atoms with van der Waals surface area (Å²) in [6.45, 7) is 1.47. The second kappa shape index (κ2) is 7.69. The molecule has 1 heterocycles. The van der Waals surface area contributed by atoms with Crippen LogP contribution in [-0.2, 0) is 0 Å². The van der Waals surface area contributed by atoms with Crippen LogP contribution in [0.15, 0.2) is 54.6 Å². The molecular weight excluding hydrogens is 354 g/mol. The van der Waals surface area contributed by atoms with Crippen molar-refractivity contribution in [3.05, 3.63) is 77.5 Å². The summed E-state index contributed by atoms with van der Waals surface area (Å²) in [6, 6.07) is 12.6. The fraction of sp³-hybridized carbons (Fsp3) is 0.0526. The fourth-order valence-corrected chi connectivity index (χ4v) is 2.26. The predicted molar refractivity (Wildman–Crippen MR) is 96.1 cm³/mol. The Bertz CT molecular complexity index is 1010. The molecule has 0 saturated carbocycles. The SMILES string of the molecule is CC(=O)c1cccc(Nc2ccc(C(=O)Nc3ccc(F)cc3F)nn2)c1. The van der Waals surface area contributed by atoms with E-state index >= 15 is 0 Å². The summed E-state index contributed by atoms with van der Waals surface area (Å²) in [5.41, 5.74) is 0.987. The van der Waals surface area contributed by atoms with Crippen molar-refractivity contribution < 1.29 is 18.4 Å². The highest BCUT2D eigenvalue weighted by Crippen LogP contribution is 2.18. The predicted octanol–water partition coefficient (Wildman–Crippen LogP) is 3.95. The molecule has 3 rings (SSSR count). The molecule has 6 nitrogen and oxygen atoms in total. The number of hydrogen-bond acceptors (Lipinski definition) is 5. The number of nitrogens with one attached hydrogen (secondary N) is 2. The van der Waals surface area contributed by atoms with E-state index in [2.05, 4.69) is 20.8 Å². The van der Waals surface area contributed by atoms with Gasteiger partial charge in [0.2, 0.25) is 0 Å². The van der Waals surface area contributed by atoms with Gasteiger partial charge in [0.05, 0.1) is 5.69 Å². The Balaban J connectivity index is 1.70. The van der Waals surface area contributed by atoms with Gasteiger partial charge in [-0.05, 0) is 43.3 Å². The van der Waals surface area contributed by atoms with E-state index in [0.29, 0.717) is 23.1 Å². The summed E-state index contributed by atoms with van der Waals surface area (Å²) in [5.74, 6) is -2.02. The maximum Gasteiger partial charge on any atom is 0.276 e. The number of rotatable bonds is 5. The number of carbonyl (C=O) groups excluding carboxylic acids is 2. The van der Waals surface area contributed by atoms with Crippen molar-refractivity contribution in [3.8, 4) is 0 Å². The molecule has 2 N–H and O–H groups in total. The second-order valence-corrected chi connectivity index (χ2v) is 5.64. The number of anilines is 3. The largest absolute Gasteiger partial charge is 0.339 e. The molecule has 0 spiro atoms. The summed E-state index contributed by atoms with van der Waals surface area (Å²) >= 11 is 0. The molecule has 1 amide bonds. The second-order valence-electron chi connectivity index (χ2n) is 5.64. The van der Waals surface area contributed by atoms with Gasteiger partial charge in [-0.1, -0.05) is 12.1 Å². The van der Waals surface area contributed by atoms with Crippen molar-refractivity contribution in [2.24, 2.45) is 0 Å². The molecule has 0 aliphatic rings. The van der Waals surface area contributed by atoms with Crippen molar-refractivity contribution in [1.82, 2.24) is 10.2 Å². The van der Waals surface area contributed by atoms with Crippen LogP contribution in [0.1, 0.15) is 27.8 Å². The van der Waals surface area contributed by atoms with Crippen LogP contribution in [0.3, 0.4) is 0 Å². The molecule has 0 aliphatic heterocycles. The zero-order chi connectivity index (χ0) is 19.4. The number of amides is 1. The Labute approximate surface area is 153 Å². The minimum absolute atomic E-state index is 0.0400. The van der Waals surface area contributed by atoms with Crippen LogP contribution >= 0.6 is 0 Å². The van der Waals surface area contributed by atoms with Crippen molar-refractivity contribution in [2.75, 3.05) is 10.6 Å². The molecule has 0 unspecified atom stereocenters. The zero-order valence-corrected chi connectivity index (χ0v) is 14.2. The quantitative estimate of drug-likeness (QED) is 0.666. The molecule has 3 aromatic rings. The van der Waals surface area contributed by atoms with Gasteiger partial charge in [0.25, 0.3) is 5.91 Å². The molecule has 0 aliphatic carbocycles. The molecular formula is C19H14F2N4O2. The Morgan fingerprint density at radius 2 is 1.78 bits per heavy atom. The van der Waals surface area contributed by atoms with E-state index in [1.54, 1.807) is 24.3 Å². The average Bonchev–Trinajstić information content (AvgIpc) is 2.65. The number of halogens is 2. The molecule has 136 valence electrons. The number of hydrogen-bond donors (Lipinski definition) is 2. The fourth-order valence-electron chi connectivity index (χ4n) is 2.26. The lowest BCUT2D eigenvalue weighted by atomic mass is 10.1. The molecule has 1 aromatic heterocycles. The summed E-state index contributed by atoms with van der Waals surface area (Å²) in [6.07, 6.45) is 0. The number of Topliss-reactive ketones (excluding diaryl/α,β-unsaturated/α-hetero) is 1. The van der Waals surface area contributed by atoms with Gasteiger partial charge >= 0.3 is 0 Å². The van der Waals surface area contributed by atoms with E-state index in [4.69, 9.17) is 0 Å². The van der Waals surface area contributed by atoms with Crippen molar-refractivity contribution >= 4 is 28.9 Å². The van der Waals surface area contributed by atoms with E-state index in [-0.39, 0.29) is 17.2 Å². The van der Waals surface area contributed by atoms with Gasteiger partial charge in [-0.25, -0.2) is 8.78 Å². The van der Waals surface area contributed by atoms with Crippen molar-refractivity contribution in [3.63, 3.8) is 0 Å².